The lowest BCUT2D eigenvalue weighted by atomic mass is 9.93. The number of rotatable bonds is 2. The Morgan fingerprint density at radius 2 is 2.19 bits per heavy atom. The Hall–Kier alpha value is -1.14. The average molecular weight is 241 g/mol. The Balaban J connectivity index is 2.22. The molecule has 1 aliphatic rings. The third-order valence-electron chi connectivity index (χ3n) is 2.97. The second kappa shape index (κ2) is 4.39. The molecule has 1 aliphatic heterocycles. The number of thiazole rings is 1. The summed E-state index contributed by atoms with van der Waals surface area (Å²) in [6.07, 6.45) is 1.92. The predicted molar refractivity (Wildman–Crippen MR) is 63.0 cm³/mol. The lowest BCUT2D eigenvalue weighted by Crippen LogP contribution is -2.29. The number of hydrogen-bond donors (Lipinski definition) is 2. The van der Waals surface area contributed by atoms with Gasteiger partial charge in [0, 0.05) is 5.92 Å². The molecule has 6 heteroatoms. The normalized spacial score (nSPS) is 18.8. The SMILES string of the molecule is CN1CCC(c2nc(N)sc2C(=O)O)CC1. The van der Waals surface area contributed by atoms with E-state index in [1.165, 1.54) is 0 Å². The molecule has 2 heterocycles. The number of piperidine rings is 1. The van der Waals surface area contributed by atoms with Crippen molar-refractivity contribution in [2.75, 3.05) is 25.9 Å². The maximum absolute atomic E-state index is 11.0. The molecular weight excluding hydrogens is 226 g/mol. The highest BCUT2D eigenvalue weighted by Gasteiger charge is 2.26. The zero-order valence-electron chi connectivity index (χ0n) is 9.14. The molecule has 2 rings (SSSR count). The number of hydrogen-bond acceptors (Lipinski definition) is 5. The van der Waals surface area contributed by atoms with E-state index in [2.05, 4.69) is 16.9 Å². The molecule has 0 atom stereocenters. The lowest BCUT2D eigenvalue weighted by Gasteiger charge is -2.28. The standard InChI is InChI=1S/C10H15N3O2S/c1-13-4-2-6(3-5-13)7-8(9(14)15)16-10(11)12-7/h6H,2-5H2,1H3,(H2,11,12)(H,14,15). The van der Waals surface area contributed by atoms with Crippen molar-refractivity contribution in [1.29, 1.82) is 0 Å². The van der Waals surface area contributed by atoms with Crippen molar-refractivity contribution < 1.29 is 9.90 Å². The zero-order valence-corrected chi connectivity index (χ0v) is 9.96. The Kier molecular flexibility index (Phi) is 3.11. The molecule has 0 aromatic carbocycles. The summed E-state index contributed by atoms with van der Waals surface area (Å²) in [5.41, 5.74) is 6.27. The molecule has 0 saturated carbocycles. The van der Waals surface area contributed by atoms with E-state index < -0.39 is 5.97 Å². The van der Waals surface area contributed by atoms with Gasteiger partial charge in [-0.25, -0.2) is 9.78 Å². The first kappa shape index (κ1) is 11.3. The van der Waals surface area contributed by atoms with Crippen LogP contribution < -0.4 is 5.73 Å². The summed E-state index contributed by atoms with van der Waals surface area (Å²) in [5, 5.41) is 9.42. The summed E-state index contributed by atoms with van der Waals surface area (Å²) < 4.78 is 0. The van der Waals surface area contributed by atoms with Gasteiger partial charge in [0.1, 0.15) is 4.88 Å². The van der Waals surface area contributed by atoms with Gasteiger partial charge >= 0.3 is 5.97 Å². The monoisotopic (exact) mass is 241 g/mol. The van der Waals surface area contributed by atoms with Gasteiger partial charge in [-0.15, -0.1) is 0 Å². The second-order valence-corrected chi connectivity index (χ2v) is 5.18. The van der Waals surface area contributed by atoms with Gasteiger partial charge in [0.05, 0.1) is 5.69 Å². The largest absolute Gasteiger partial charge is 0.477 e. The van der Waals surface area contributed by atoms with Gasteiger partial charge in [-0.05, 0) is 33.0 Å². The Bertz CT molecular complexity index is 397. The van der Waals surface area contributed by atoms with E-state index >= 15 is 0 Å². The third-order valence-corrected chi connectivity index (χ3v) is 3.86. The van der Waals surface area contributed by atoms with Gasteiger partial charge in [-0.3, -0.25) is 0 Å². The fourth-order valence-electron chi connectivity index (χ4n) is 2.06. The number of aromatic nitrogens is 1. The van der Waals surface area contributed by atoms with Crippen LogP contribution in [-0.4, -0.2) is 41.1 Å². The number of likely N-dealkylation sites (tertiary alicyclic amines) is 1. The topological polar surface area (TPSA) is 79.5 Å². The summed E-state index contributed by atoms with van der Waals surface area (Å²) in [6.45, 7) is 1.97. The first-order chi connectivity index (χ1) is 7.58. The van der Waals surface area contributed by atoms with Gasteiger partial charge < -0.3 is 15.7 Å². The van der Waals surface area contributed by atoms with E-state index in [0.717, 1.165) is 37.3 Å². The highest BCUT2D eigenvalue weighted by molar-refractivity contribution is 7.17. The van der Waals surface area contributed by atoms with Crippen LogP contribution in [0.2, 0.25) is 0 Å². The quantitative estimate of drug-likeness (QED) is 0.814. The van der Waals surface area contributed by atoms with Gasteiger partial charge in [-0.2, -0.15) is 0 Å². The van der Waals surface area contributed by atoms with Crippen LogP contribution in [-0.2, 0) is 0 Å². The summed E-state index contributed by atoms with van der Waals surface area (Å²) in [7, 11) is 2.07. The summed E-state index contributed by atoms with van der Waals surface area (Å²) in [5.74, 6) is -0.668. The molecule has 0 amide bonds. The summed E-state index contributed by atoms with van der Waals surface area (Å²) in [6, 6.07) is 0. The van der Waals surface area contributed by atoms with Crippen molar-refractivity contribution in [2.24, 2.45) is 0 Å². The average Bonchev–Trinajstić information content (AvgIpc) is 2.61. The molecule has 0 bridgehead atoms. The van der Waals surface area contributed by atoms with Crippen molar-refractivity contribution in [2.45, 2.75) is 18.8 Å². The minimum Gasteiger partial charge on any atom is -0.477 e. The fraction of sp³-hybridized carbons (Fsp3) is 0.600. The van der Waals surface area contributed by atoms with Crippen molar-refractivity contribution in [3.05, 3.63) is 10.6 Å². The summed E-state index contributed by atoms with van der Waals surface area (Å²) in [4.78, 5) is 17.8. The first-order valence-electron chi connectivity index (χ1n) is 5.26. The van der Waals surface area contributed by atoms with Crippen LogP contribution in [0.15, 0.2) is 0 Å². The Morgan fingerprint density at radius 3 is 2.75 bits per heavy atom. The molecule has 1 saturated heterocycles. The first-order valence-corrected chi connectivity index (χ1v) is 6.07. The lowest BCUT2D eigenvalue weighted by molar-refractivity contribution is 0.0699. The van der Waals surface area contributed by atoms with Crippen molar-refractivity contribution in [1.82, 2.24) is 9.88 Å². The Labute approximate surface area is 97.9 Å². The molecule has 88 valence electrons. The van der Waals surface area contributed by atoms with Crippen molar-refractivity contribution >= 4 is 22.4 Å². The number of carbonyl (C=O) groups is 1. The van der Waals surface area contributed by atoms with Crippen LogP contribution in [0.1, 0.15) is 34.1 Å². The van der Waals surface area contributed by atoms with Crippen LogP contribution in [0.25, 0.3) is 0 Å². The minimum absolute atomic E-state index is 0.246. The number of carboxylic acids is 1. The van der Waals surface area contributed by atoms with Crippen LogP contribution in [0, 0.1) is 0 Å². The number of nitrogens with two attached hydrogens (primary N) is 1. The number of carboxylic acid groups (broad SMARTS) is 1. The smallest absolute Gasteiger partial charge is 0.347 e. The van der Waals surface area contributed by atoms with E-state index in [0.29, 0.717) is 15.7 Å². The second-order valence-electron chi connectivity index (χ2n) is 4.15. The number of nitrogen functional groups attached to an aromatic ring is 1. The van der Waals surface area contributed by atoms with Crippen LogP contribution in [0.5, 0.6) is 0 Å². The van der Waals surface area contributed by atoms with E-state index in [4.69, 9.17) is 10.8 Å². The predicted octanol–water partition coefficient (Wildman–Crippen LogP) is 1.23. The maximum atomic E-state index is 11.0. The summed E-state index contributed by atoms with van der Waals surface area (Å²) >= 11 is 1.07. The fourth-order valence-corrected chi connectivity index (χ4v) is 2.82. The van der Waals surface area contributed by atoms with E-state index in [9.17, 15) is 4.79 Å². The number of nitrogens with zero attached hydrogens (tertiary/aromatic N) is 2. The molecule has 3 N–H and O–H groups in total. The molecule has 0 aliphatic carbocycles. The highest BCUT2D eigenvalue weighted by atomic mass is 32.1. The van der Waals surface area contributed by atoms with Gasteiger partial charge in [0.2, 0.25) is 0 Å². The van der Waals surface area contributed by atoms with Crippen LogP contribution >= 0.6 is 11.3 Å². The van der Waals surface area contributed by atoms with E-state index in [1.54, 1.807) is 0 Å². The molecule has 0 spiro atoms. The third kappa shape index (κ3) is 2.17. The Morgan fingerprint density at radius 1 is 1.56 bits per heavy atom. The zero-order chi connectivity index (χ0) is 11.7. The molecule has 0 radical (unpaired) electrons. The molecule has 1 fully saturated rings. The number of anilines is 1. The van der Waals surface area contributed by atoms with E-state index in [1.807, 2.05) is 0 Å². The molecule has 16 heavy (non-hydrogen) atoms. The molecule has 1 aromatic rings. The van der Waals surface area contributed by atoms with Gasteiger partial charge in [-0.1, -0.05) is 11.3 Å². The van der Waals surface area contributed by atoms with Crippen LogP contribution in [0.3, 0.4) is 0 Å². The number of aromatic carboxylic acids is 1. The van der Waals surface area contributed by atoms with Crippen molar-refractivity contribution in [3.8, 4) is 0 Å². The van der Waals surface area contributed by atoms with Crippen LogP contribution in [0.4, 0.5) is 5.13 Å². The minimum atomic E-state index is -0.914. The van der Waals surface area contributed by atoms with Crippen molar-refractivity contribution in [3.63, 3.8) is 0 Å². The van der Waals surface area contributed by atoms with E-state index in [-0.39, 0.29) is 5.92 Å². The maximum Gasteiger partial charge on any atom is 0.347 e. The molecule has 5 nitrogen and oxygen atoms in total. The van der Waals surface area contributed by atoms with Gasteiger partial charge in [0.15, 0.2) is 5.13 Å². The van der Waals surface area contributed by atoms with Gasteiger partial charge in [0.25, 0.3) is 0 Å². The molecular formula is C10H15N3O2S. The highest BCUT2D eigenvalue weighted by Crippen LogP contribution is 2.33. The molecule has 1 aromatic heterocycles. The molecule has 0 unspecified atom stereocenters.